The van der Waals surface area contributed by atoms with Crippen molar-refractivity contribution in [3.63, 3.8) is 0 Å². The fourth-order valence-corrected chi connectivity index (χ4v) is 1.88. The van der Waals surface area contributed by atoms with Gasteiger partial charge in [-0.15, -0.1) is 0 Å². The molecule has 0 unspecified atom stereocenters. The molecule has 6 heteroatoms. The smallest absolute Gasteiger partial charge is 0.391 e. The normalized spacial score (nSPS) is 10.9. The van der Waals surface area contributed by atoms with Gasteiger partial charge in [-0.2, -0.15) is 0 Å². The zero-order valence-corrected chi connectivity index (χ0v) is 16.5. The van der Waals surface area contributed by atoms with Gasteiger partial charge in [0.05, 0.1) is 0 Å². The van der Waals surface area contributed by atoms with E-state index in [-0.39, 0.29) is 0 Å². The van der Waals surface area contributed by atoms with E-state index in [4.69, 9.17) is 40.2 Å². The van der Waals surface area contributed by atoms with Crippen molar-refractivity contribution in [3.8, 4) is 0 Å². The van der Waals surface area contributed by atoms with Crippen LogP contribution in [0.15, 0.2) is 24.4 Å². The molecule has 20 heavy (non-hydrogen) atoms. The van der Waals surface area contributed by atoms with Crippen molar-refractivity contribution >= 4 is 49.6 Å². The van der Waals surface area contributed by atoms with Gasteiger partial charge in [-0.25, -0.2) is 4.57 Å². The second-order valence-electron chi connectivity index (χ2n) is 4.80. The molecule has 0 bridgehead atoms. The van der Waals surface area contributed by atoms with Crippen LogP contribution in [-0.2, 0) is 6.54 Å². The Balaban J connectivity index is 0.000000621. The maximum atomic E-state index is 4.99. The van der Waals surface area contributed by atoms with E-state index >= 15 is 0 Å². The molecule has 0 aromatic carbocycles. The van der Waals surface area contributed by atoms with Crippen molar-refractivity contribution in [3.05, 3.63) is 30.1 Å². The molecule has 1 rings (SSSR count). The van der Waals surface area contributed by atoms with Crippen molar-refractivity contribution in [2.45, 2.75) is 58.9 Å². The maximum Gasteiger partial charge on any atom is 0.564 e. The molecular formula is C14H24AlCl4N. The lowest BCUT2D eigenvalue weighted by Gasteiger charge is -2.00. The van der Waals surface area contributed by atoms with Crippen molar-refractivity contribution < 1.29 is 4.57 Å². The van der Waals surface area contributed by atoms with E-state index in [1.165, 1.54) is 50.8 Å². The first kappa shape index (κ1) is 20.8. The summed E-state index contributed by atoms with van der Waals surface area (Å²) in [5, 5.41) is 0. The topological polar surface area (TPSA) is 3.88 Å². The van der Waals surface area contributed by atoms with Crippen LogP contribution in [0.1, 0.15) is 51.1 Å². The van der Waals surface area contributed by atoms with E-state index in [0.717, 1.165) is 0 Å². The number of unbranched alkanes of at least 4 members (excludes halogenated alkanes) is 5. The summed E-state index contributed by atoms with van der Waals surface area (Å²) in [5.41, 5.74) is 1.37. The molecule has 0 aliphatic rings. The van der Waals surface area contributed by atoms with Crippen molar-refractivity contribution in [1.82, 2.24) is 0 Å². The molecule has 0 spiro atoms. The van der Waals surface area contributed by atoms with Gasteiger partial charge in [0.25, 0.3) is 0 Å². The van der Waals surface area contributed by atoms with Gasteiger partial charge in [0, 0.05) is 25.5 Å². The van der Waals surface area contributed by atoms with Gasteiger partial charge in [-0.05, 0) is 6.42 Å². The number of nitrogens with zero attached hydrogens (tertiary/aromatic N) is 1. The van der Waals surface area contributed by atoms with Crippen LogP contribution in [0.4, 0.5) is 0 Å². The summed E-state index contributed by atoms with van der Waals surface area (Å²) in [7, 11) is 17.0. The van der Waals surface area contributed by atoms with Gasteiger partial charge in [-0.1, -0.05) is 38.7 Å². The number of halogens is 4. The highest BCUT2D eigenvalue weighted by Gasteiger charge is 2.14. The lowest BCUT2D eigenvalue weighted by Crippen LogP contribution is -2.36. The van der Waals surface area contributed by atoms with Gasteiger partial charge in [-0.3, -0.25) is 0 Å². The van der Waals surface area contributed by atoms with Crippen molar-refractivity contribution in [2.75, 3.05) is 0 Å². The fourth-order valence-electron chi connectivity index (χ4n) is 1.88. The van der Waals surface area contributed by atoms with Gasteiger partial charge < -0.3 is 40.2 Å². The first-order valence-electron chi connectivity index (χ1n) is 7.17. The average molecular weight is 375 g/mol. The van der Waals surface area contributed by atoms with Crippen LogP contribution >= 0.6 is 40.2 Å². The van der Waals surface area contributed by atoms with E-state index < -0.39 is 9.39 Å². The second-order valence-corrected chi connectivity index (χ2v) is 17.7. The van der Waals surface area contributed by atoms with E-state index in [9.17, 15) is 0 Å². The number of pyridine rings is 1. The Morgan fingerprint density at radius 1 is 0.950 bits per heavy atom. The van der Waals surface area contributed by atoms with Crippen LogP contribution in [0.25, 0.3) is 0 Å². The number of aromatic nitrogens is 1. The zero-order valence-electron chi connectivity index (χ0n) is 12.3. The molecule has 1 aromatic rings. The Labute approximate surface area is 142 Å². The lowest BCUT2D eigenvalue weighted by atomic mass is 10.1. The fraction of sp³-hybridized carbons (Fsp3) is 0.643. The minimum atomic E-state index is -2.94. The van der Waals surface area contributed by atoms with E-state index in [2.05, 4.69) is 42.8 Å². The predicted octanol–water partition coefficient (Wildman–Crippen LogP) is 6.02. The number of rotatable bonds is 7. The zero-order chi connectivity index (χ0) is 15.4. The monoisotopic (exact) mass is 373 g/mol. The second kappa shape index (κ2) is 12.4. The number of hydrogen-bond acceptors (Lipinski definition) is 0. The standard InChI is InChI=1S/C14H24N.Al.4ClH/c1-3-4-5-6-7-9-12-15-13-10-8-11-14(15)2;;;;;/h8,10-11,13H,3-7,9,12H2,1-2H3;;4*1H/q+1;+3;;;;/p-4. The highest BCUT2D eigenvalue weighted by molar-refractivity contribution is 7.81. The van der Waals surface area contributed by atoms with E-state index in [1.54, 1.807) is 0 Å². The van der Waals surface area contributed by atoms with Crippen LogP contribution in [0.3, 0.4) is 0 Å². The molecule has 0 radical (unpaired) electrons. The molecule has 0 fully saturated rings. The largest absolute Gasteiger partial charge is 0.564 e. The summed E-state index contributed by atoms with van der Waals surface area (Å²) in [4.78, 5) is 0. The summed E-state index contributed by atoms with van der Waals surface area (Å²) in [6, 6.07) is 6.40. The molecule has 116 valence electrons. The molecular weight excluding hydrogens is 351 g/mol. The predicted molar refractivity (Wildman–Crippen MR) is 93.9 cm³/mol. The van der Waals surface area contributed by atoms with E-state index in [1.807, 2.05) is 0 Å². The molecule has 0 saturated heterocycles. The Morgan fingerprint density at radius 3 is 2.05 bits per heavy atom. The molecule has 1 heterocycles. The van der Waals surface area contributed by atoms with Gasteiger partial charge in [0.15, 0.2) is 11.9 Å². The van der Waals surface area contributed by atoms with Gasteiger partial charge in [0.1, 0.15) is 6.54 Å². The minimum absolute atomic E-state index is 1.18. The van der Waals surface area contributed by atoms with Crippen LogP contribution in [0, 0.1) is 6.92 Å². The summed E-state index contributed by atoms with van der Waals surface area (Å²) >= 11 is 0. The quantitative estimate of drug-likeness (QED) is 0.312. The van der Waals surface area contributed by atoms with Gasteiger partial charge >= 0.3 is 9.39 Å². The first-order chi connectivity index (χ1) is 9.34. The molecule has 1 aromatic heterocycles. The highest BCUT2D eigenvalue weighted by Crippen LogP contribution is 2.23. The third-order valence-electron chi connectivity index (χ3n) is 2.92. The van der Waals surface area contributed by atoms with Crippen LogP contribution in [0.5, 0.6) is 0 Å². The van der Waals surface area contributed by atoms with Crippen molar-refractivity contribution in [1.29, 1.82) is 0 Å². The SMILES string of the molecule is CCCCCCCC[n+]1ccccc1C.[Cl][Al-]([Cl])([Cl])[Cl]. The molecule has 0 aliphatic carbocycles. The van der Waals surface area contributed by atoms with Gasteiger partial charge in [0.2, 0.25) is 0 Å². The van der Waals surface area contributed by atoms with Crippen LogP contribution in [0.2, 0.25) is 0 Å². The third kappa shape index (κ3) is 15.2. The molecule has 0 saturated carbocycles. The maximum absolute atomic E-state index is 4.99. The van der Waals surface area contributed by atoms with E-state index in [0.29, 0.717) is 0 Å². The highest BCUT2D eigenvalue weighted by atomic mass is 35.9. The Kier molecular flexibility index (Phi) is 12.9. The summed E-state index contributed by atoms with van der Waals surface area (Å²) in [6.45, 7) is 5.62. The molecule has 1 nitrogen and oxygen atoms in total. The van der Waals surface area contributed by atoms with Crippen molar-refractivity contribution in [2.24, 2.45) is 0 Å². The summed E-state index contributed by atoms with van der Waals surface area (Å²) in [5.74, 6) is 0. The summed E-state index contributed by atoms with van der Waals surface area (Å²) in [6.07, 6.45) is 10.4. The minimum Gasteiger partial charge on any atom is -0.391 e. The third-order valence-corrected chi connectivity index (χ3v) is 2.92. The lowest BCUT2D eigenvalue weighted by molar-refractivity contribution is -0.703. The van der Waals surface area contributed by atoms with Crippen LogP contribution < -0.4 is 4.57 Å². The molecule has 0 aliphatic heterocycles. The molecule has 0 amide bonds. The first-order valence-corrected chi connectivity index (χ1v) is 14.1. The Hall–Kier alpha value is 0.842. The number of aryl methyl sites for hydroxylation is 2. The Bertz CT molecular complexity index is 349. The van der Waals surface area contributed by atoms with Crippen LogP contribution in [-0.4, -0.2) is 9.39 Å². The molecule has 0 atom stereocenters. The average Bonchev–Trinajstić information content (AvgIpc) is 2.33. The summed E-state index contributed by atoms with van der Waals surface area (Å²) < 4.78 is 2.35. The Morgan fingerprint density at radius 2 is 1.50 bits per heavy atom. The number of hydrogen-bond donors (Lipinski definition) is 0. The molecule has 0 N–H and O–H groups in total.